The topological polar surface area (TPSA) is 191 Å². The van der Waals surface area contributed by atoms with Gasteiger partial charge in [0.2, 0.25) is 5.95 Å². The normalized spacial score (nSPS) is 26.3. The molecule has 2 aromatic heterocycles. The van der Waals surface area contributed by atoms with Crippen LogP contribution in [0.4, 0.5) is 5.95 Å². The van der Waals surface area contributed by atoms with Gasteiger partial charge in [0.05, 0.1) is 20.0 Å². The molecule has 4 heterocycles. The van der Waals surface area contributed by atoms with E-state index in [0.29, 0.717) is 5.39 Å². The summed E-state index contributed by atoms with van der Waals surface area (Å²) in [5.74, 6) is -1.50. The highest BCUT2D eigenvalue weighted by Gasteiger charge is 2.64. The van der Waals surface area contributed by atoms with Crippen molar-refractivity contribution in [3.63, 3.8) is 0 Å². The molecule has 15 nitrogen and oxygen atoms in total. The largest absolute Gasteiger partial charge is 0.468 e. The first kappa shape index (κ1) is 30.2. The number of hydrogen-bond acceptors (Lipinski definition) is 12. The van der Waals surface area contributed by atoms with Crippen LogP contribution < -0.4 is 20.9 Å². The Hall–Kier alpha value is -3.85. The van der Waals surface area contributed by atoms with Gasteiger partial charge in [0.1, 0.15) is 29.6 Å². The molecule has 0 radical (unpaired) electrons. The van der Waals surface area contributed by atoms with Gasteiger partial charge in [-0.1, -0.05) is 36.4 Å². The van der Waals surface area contributed by atoms with Crippen molar-refractivity contribution in [3.8, 4) is 5.75 Å². The number of rotatable bonds is 9. The number of esters is 1. The maximum absolute atomic E-state index is 14.3. The third-order valence-corrected chi connectivity index (χ3v) is 9.19. The number of nitrogens with zero attached hydrogens (tertiary/aromatic N) is 3. The van der Waals surface area contributed by atoms with E-state index in [1.807, 2.05) is 30.3 Å². The Morgan fingerprint density at radius 2 is 1.98 bits per heavy atom. The van der Waals surface area contributed by atoms with Crippen LogP contribution in [0.5, 0.6) is 5.75 Å². The number of ether oxygens (including phenoxy) is 4. The Bertz CT molecular complexity index is 1840. The van der Waals surface area contributed by atoms with Crippen molar-refractivity contribution in [2.24, 2.45) is 0 Å². The summed E-state index contributed by atoms with van der Waals surface area (Å²) in [5.41, 5.74) is 4.43. The molecule has 0 aliphatic carbocycles. The predicted molar refractivity (Wildman–Crippen MR) is 158 cm³/mol. The van der Waals surface area contributed by atoms with Crippen LogP contribution in [0.1, 0.15) is 33.9 Å². The van der Waals surface area contributed by atoms with Crippen molar-refractivity contribution in [1.82, 2.24) is 24.6 Å². The molecule has 44 heavy (non-hydrogen) atoms. The average Bonchev–Trinajstić information content (AvgIpc) is 3.57. The molecule has 0 bridgehead atoms. The van der Waals surface area contributed by atoms with Crippen molar-refractivity contribution in [1.29, 1.82) is 0 Å². The molecule has 0 spiro atoms. The van der Waals surface area contributed by atoms with Crippen LogP contribution >= 0.6 is 7.75 Å². The van der Waals surface area contributed by atoms with Crippen LogP contribution in [-0.4, -0.2) is 68.8 Å². The first-order valence-electron chi connectivity index (χ1n) is 13.9. The number of carbonyl (C=O) groups is 1. The Morgan fingerprint density at radius 1 is 1.23 bits per heavy atom. The summed E-state index contributed by atoms with van der Waals surface area (Å²) in [6.07, 6.45) is -1.08. The minimum atomic E-state index is -4.26. The lowest BCUT2D eigenvalue weighted by molar-refractivity contribution is -0.216. The third-order valence-electron chi connectivity index (χ3n) is 7.56. The zero-order valence-corrected chi connectivity index (χ0v) is 25.6. The van der Waals surface area contributed by atoms with Crippen LogP contribution in [0.3, 0.4) is 0 Å². The number of nitrogens with two attached hydrogens (primary N) is 1. The quantitative estimate of drug-likeness (QED) is 0.181. The van der Waals surface area contributed by atoms with Gasteiger partial charge >= 0.3 is 13.7 Å². The number of nitrogen functional groups attached to an aromatic ring is 1. The molecule has 1 unspecified atom stereocenters. The second-order valence-corrected chi connectivity index (χ2v) is 13.0. The molecule has 6 rings (SSSR count). The summed E-state index contributed by atoms with van der Waals surface area (Å²) in [6.45, 7) is 6.48. The molecule has 0 saturated carbocycles. The van der Waals surface area contributed by atoms with E-state index in [-0.39, 0.29) is 29.5 Å². The predicted octanol–water partition coefficient (Wildman–Crippen LogP) is 3.02. The van der Waals surface area contributed by atoms with Gasteiger partial charge in [-0.05, 0) is 39.1 Å². The summed E-state index contributed by atoms with van der Waals surface area (Å²) in [4.78, 5) is 35.6. The van der Waals surface area contributed by atoms with Gasteiger partial charge < -0.3 is 29.2 Å². The van der Waals surface area contributed by atoms with E-state index in [4.69, 9.17) is 33.7 Å². The number of benzene rings is 2. The fraction of sp³-hybridized carbons (Fsp3) is 0.429. The van der Waals surface area contributed by atoms with Crippen LogP contribution in [0, 0.1) is 0 Å². The standard InChI is InChI=1S/C28H33N6O9P/c1-15(24(36)38-5)33-44(37,42-18-12-8-10-16-9-6-7-11-17(16)18)39-13-19-21-28(4,43-27(2,3)41-21)25(40-19)34-14-30-20-22(34)31-26(29)32-23(20)35/h6-12,14-15,19,21,25H,13H2,1-5H3,(H,33,37)(H3,29,31,32,35)/t15-,19+,21+,25+,28+,44?/m0/s1. The number of fused-ring (bicyclic) bond motifs is 3. The SMILES string of the molecule is COC(=O)[C@H](C)NP(=O)(OC[C@H]1O[C@@H](n2cnc3c(=O)[nH]c(N)nc32)[C@]2(C)OC(C)(C)O[C@H]12)Oc1cccc2ccccc12. The van der Waals surface area contributed by atoms with Gasteiger partial charge in [-0.2, -0.15) is 10.1 Å². The summed E-state index contributed by atoms with van der Waals surface area (Å²) in [6, 6.07) is 11.7. The Labute approximate surface area is 251 Å². The number of H-pyrrole nitrogens is 1. The number of aromatic amines is 1. The van der Waals surface area contributed by atoms with Crippen molar-refractivity contribution in [3.05, 3.63) is 59.1 Å². The lowest BCUT2D eigenvalue weighted by Gasteiger charge is -2.30. The molecule has 2 fully saturated rings. The highest BCUT2D eigenvalue weighted by atomic mass is 31.2. The van der Waals surface area contributed by atoms with Gasteiger partial charge in [-0.25, -0.2) is 9.55 Å². The fourth-order valence-electron chi connectivity index (χ4n) is 5.76. The first-order valence-corrected chi connectivity index (χ1v) is 15.4. The van der Waals surface area contributed by atoms with Crippen molar-refractivity contribution < 1.29 is 37.4 Å². The molecule has 2 saturated heterocycles. The number of hydrogen-bond donors (Lipinski definition) is 3. The molecular weight excluding hydrogens is 595 g/mol. The molecule has 0 amide bonds. The summed E-state index contributed by atoms with van der Waals surface area (Å²) >= 11 is 0. The fourth-order valence-corrected chi connectivity index (χ4v) is 7.28. The Morgan fingerprint density at radius 3 is 2.75 bits per heavy atom. The van der Waals surface area contributed by atoms with Gasteiger partial charge in [-0.15, -0.1) is 0 Å². The second kappa shape index (κ2) is 10.9. The van der Waals surface area contributed by atoms with Crippen molar-refractivity contribution >= 4 is 41.6 Å². The number of nitrogens with one attached hydrogen (secondary N) is 2. The van der Waals surface area contributed by atoms with E-state index in [2.05, 4.69) is 20.0 Å². The van der Waals surface area contributed by atoms with Gasteiger partial charge in [-0.3, -0.25) is 23.7 Å². The first-order chi connectivity index (χ1) is 20.8. The number of aromatic nitrogens is 4. The molecule has 6 atom stereocenters. The second-order valence-electron chi connectivity index (χ2n) is 11.3. The zero-order chi connectivity index (χ0) is 31.4. The van der Waals surface area contributed by atoms with E-state index in [0.717, 1.165) is 5.39 Å². The molecule has 2 aromatic carbocycles. The molecule has 16 heteroatoms. The molecule has 2 aliphatic heterocycles. The van der Waals surface area contributed by atoms with Crippen molar-refractivity contribution in [2.45, 2.75) is 63.6 Å². The number of carbonyl (C=O) groups excluding carboxylic acids is 1. The van der Waals surface area contributed by atoms with Crippen LogP contribution in [0.15, 0.2) is 53.6 Å². The van der Waals surface area contributed by atoms with Gasteiger partial charge in [0, 0.05) is 5.39 Å². The Kier molecular flexibility index (Phi) is 7.51. The van der Waals surface area contributed by atoms with E-state index in [9.17, 15) is 14.2 Å². The van der Waals surface area contributed by atoms with Gasteiger partial charge in [0.15, 0.2) is 23.2 Å². The van der Waals surface area contributed by atoms with E-state index >= 15 is 0 Å². The highest BCUT2D eigenvalue weighted by molar-refractivity contribution is 7.52. The third kappa shape index (κ3) is 5.36. The van der Waals surface area contributed by atoms with E-state index in [1.165, 1.54) is 20.4 Å². The van der Waals surface area contributed by atoms with Crippen molar-refractivity contribution in [2.75, 3.05) is 19.5 Å². The van der Waals surface area contributed by atoms with Crippen LogP contribution in [-0.2, 0) is 32.8 Å². The van der Waals surface area contributed by atoms with E-state index in [1.54, 1.807) is 37.5 Å². The molecule has 4 aromatic rings. The number of imidazole rings is 1. The average molecular weight is 629 g/mol. The van der Waals surface area contributed by atoms with Crippen LogP contribution in [0.25, 0.3) is 21.9 Å². The van der Waals surface area contributed by atoms with Gasteiger partial charge in [0.25, 0.3) is 5.56 Å². The lowest BCUT2D eigenvalue weighted by Crippen LogP contribution is -2.42. The molecule has 234 valence electrons. The maximum atomic E-state index is 14.3. The van der Waals surface area contributed by atoms with E-state index < -0.39 is 55.1 Å². The monoisotopic (exact) mass is 628 g/mol. The summed E-state index contributed by atoms with van der Waals surface area (Å²) < 4.78 is 51.7. The maximum Gasteiger partial charge on any atom is 0.459 e. The minimum absolute atomic E-state index is 0.0646. The Balaban J connectivity index is 1.32. The lowest BCUT2D eigenvalue weighted by atomic mass is 9.96. The summed E-state index contributed by atoms with van der Waals surface area (Å²) in [7, 11) is -3.04. The van der Waals surface area contributed by atoms with Crippen LogP contribution in [0.2, 0.25) is 0 Å². The zero-order valence-electron chi connectivity index (χ0n) is 24.7. The molecule has 4 N–H and O–H groups in total. The minimum Gasteiger partial charge on any atom is -0.468 e. The molecule has 2 aliphatic rings. The number of anilines is 1. The smallest absolute Gasteiger partial charge is 0.459 e. The summed E-state index contributed by atoms with van der Waals surface area (Å²) in [5, 5.41) is 4.22. The molecular formula is C28H33N6O9P. The number of methoxy groups -OCH3 is 1. The highest BCUT2D eigenvalue weighted by Crippen LogP contribution is 2.53.